The van der Waals surface area contributed by atoms with Gasteiger partial charge < -0.3 is 9.64 Å². The molecular weight excluding hydrogens is 362 g/mol. The molecule has 1 unspecified atom stereocenters. The van der Waals surface area contributed by atoms with Crippen LogP contribution in [0.1, 0.15) is 16.7 Å². The maximum atomic E-state index is 15.9. The van der Waals surface area contributed by atoms with Crippen LogP contribution in [0.25, 0.3) is 0 Å². The van der Waals surface area contributed by atoms with E-state index in [2.05, 4.69) is 0 Å². The second-order valence-corrected chi connectivity index (χ2v) is 6.03. The third-order valence-corrected chi connectivity index (χ3v) is 4.42. The molecule has 132 valence electrons. The molecule has 0 N–H and O–H groups in total. The first-order valence-electron chi connectivity index (χ1n) is 7.13. The Kier molecular flexibility index (Phi) is 3.95. The Hall–Kier alpha value is -2.28. The molecule has 1 aliphatic heterocycles. The number of rotatable bonds is 2. The van der Waals surface area contributed by atoms with Gasteiger partial charge in [-0.25, -0.2) is 4.39 Å². The monoisotopic (exact) mass is 373 g/mol. The highest BCUT2D eigenvalue weighted by Gasteiger charge is 2.54. The number of amides is 1. The van der Waals surface area contributed by atoms with Crippen molar-refractivity contribution in [2.45, 2.75) is 11.8 Å². The topological polar surface area (TPSA) is 29.5 Å². The predicted molar refractivity (Wildman–Crippen MR) is 84.7 cm³/mol. The standard InChI is InChI=1S/C17H12ClF4NO2/c1-23-13-7-9(17(20,21)22)3-5-11(13)16(19,15(23)24)12-8-10(18)4-6-14(12)25-2/h3-8H,1-2H3. The summed E-state index contributed by atoms with van der Waals surface area (Å²) in [5, 5.41) is 0.170. The van der Waals surface area contributed by atoms with Crippen LogP contribution in [0.3, 0.4) is 0 Å². The van der Waals surface area contributed by atoms with Gasteiger partial charge >= 0.3 is 6.18 Å². The van der Waals surface area contributed by atoms with E-state index in [0.29, 0.717) is 0 Å². The van der Waals surface area contributed by atoms with Gasteiger partial charge in [-0.05, 0) is 30.3 Å². The zero-order valence-electron chi connectivity index (χ0n) is 13.1. The van der Waals surface area contributed by atoms with E-state index >= 15 is 4.39 Å². The molecule has 0 aliphatic carbocycles. The Morgan fingerprint density at radius 1 is 1.12 bits per heavy atom. The third kappa shape index (κ3) is 2.54. The normalized spacial score (nSPS) is 20.0. The van der Waals surface area contributed by atoms with E-state index in [1.807, 2.05) is 0 Å². The molecular formula is C17H12ClF4NO2. The quantitative estimate of drug-likeness (QED) is 0.722. The first-order chi connectivity index (χ1) is 11.6. The molecule has 3 nitrogen and oxygen atoms in total. The smallest absolute Gasteiger partial charge is 0.416 e. The van der Waals surface area contributed by atoms with E-state index in [4.69, 9.17) is 16.3 Å². The number of hydrogen-bond acceptors (Lipinski definition) is 2. The van der Waals surface area contributed by atoms with Crippen LogP contribution in [-0.2, 0) is 16.6 Å². The van der Waals surface area contributed by atoms with Crippen LogP contribution in [0.5, 0.6) is 5.75 Å². The predicted octanol–water partition coefficient (Wildman–Crippen LogP) is 4.56. The molecule has 1 aliphatic rings. The molecule has 1 atom stereocenters. The Morgan fingerprint density at radius 2 is 1.80 bits per heavy atom. The minimum absolute atomic E-state index is 0.0707. The average Bonchev–Trinajstić information content (AvgIpc) is 2.76. The van der Waals surface area contributed by atoms with Crippen molar-refractivity contribution in [3.05, 3.63) is 58.1 Å². The second-order valence-electron chi connectivity index (χ2n) is 5.60. The minimum atomic E-state index is -4.60. The van der Waals surface area contributed by atoms with Gasteiger partial charge in [-0.15, -0.1) is 0 Å². The highest BCUT2D eigenvalue weighted by atomic mass is 35.5. The molecule has 2 aromatic carbocycles. The number of fused-ring (bicyclic) bond motifs is 1. The van der Waals surface area contributed by atoms with Crippen molar-refractivity contribution in [2.24, 2.45) is 0 Å². The summed E-state index contributed by atoms with van der Waals surface area (Å²) in [6, 6.07) is 6.57. The summed E-state index contributed by atoms with van der Waals surface area (Å²) < 4.78 is 59.8. The zero-order valence-corrected chi connectivity index (χ0v) is 13.9. The fourth-order valence-electron chi connectivity index (χ4n) is 2.94. The van der Waals surface area contributed by atoms with E-state index in [9.17, 15) is 18.0 Å². The lowest BCUT2D eigenvalue weighted by Crippen LogP contribution is -2.36. The van der Waals surface area contributed by atoms with Crippen molar-refractivity contribution in [1.29, 1.82) is 0 Å². The van der Waals surface area contributed by atoms with Gasteiger partial charge in [0.05, 0.1) is 18.4 Å². The number of anilines is 1. The molecule has 0 spiro atoms. The lowest BCUT2D eigenvalue weighted by atomic mass is 9.88. The maximum absolute atomic E-state index is 15.9. The summed E-state index contributed by atoms with van der Waals surface area (Å²) in [6.07, 6.45) is -4.60. The first-order valence-corrected chi connectivity index (χ1v) is 7.51. The van der Waals surface area contributed by atoms with Crippen LogP contribution in [-0.4, -0.2) is 20.1 Å². The van der Waals surface area contributed by atoms with E-state index in [1.54, 1.807) is 0 Å². The average molecular weight is 374 g/mol. The molecule has 3 rings (SSSR count). The Labute approximate surface area is 145 Å². The van der Waals surface area contributed by atoms with Gasteiger partial charge in [0.2, 0.25) is 5.67 Å². The Morgan fingerprint density at radius 3 is 2.40 bits per heavy atom. The lowest BCUT2D eigenvalue weighted by Gasteiger charge is -2.22. The minimum Gasteiger partial charge on any atom is -0.496 e. The number of carbonyl (C=O) groups excluding carboxylic acids is 1. The van der Waals surface area contributed by atoms with Crippen molar-refractivity contribution in [3.8, 4) is 5.75 Å². The molecule has 0 saturated heterocycles. The van der Waals surface area contributed by atoms with E-state index in [0.717, 1.165) is 23.1 Å². The zero-order chi connectivity index (χ0) is 18.6. The van der Waals surface area contributed by atoms with Crippen molar-refractivity contribution < 1.29 is 27.1 Å². The Bertz CT molecular complexity index is 868. The molecule has 1 amide bonds. The summed E-state index contributed by atoms with van der Waals surface area (Å²) >= 11 is 5.91. The first kappa shape index (κ1) is 17.5. The molecule has 0 bridgehead atoms. The lowest BCUT2D eigenvalue weighted by molar-refractivity contribution is -0.137. The molecule has 8 heteroatoms. The summed E-state index contributed by atoms with van der Waals surface area (Å²) in [7, 11) is 2.52. The molecule has 0 fully saturated rings. The van der Waals surface area contributed by atoms with E-state index < -0.39 is 23.3 Å². The third-order valence-electron chi connectivity index (χ3n) is 4.19. The van der Waals surface area contributed by atoms with Crippen molar-refractivity contribution in [3.63, 3.8) is 0 Å². The number of carbonyl (C=O) groups is 1. The number of methoxy groups -OCH3 is 1. The summed E-state index contributed by atoms with van der Waals surface area (Å²) in [5.41, 5.74) is -4.14. The molecule has 25 heavy (non-hydrogen) atoms. The molecule has 0 radical (unpaired) electrons. The van der Waals surface area contributed by atoms with Gasteiger partial charge in [-0.3, -0.25) is 4.79 Å². The Balaban J connectivity index is 2.27. The van der Waals surface area contributed by atoms with Gasteiger partial charge in [-0.2, -0.15) is 13.2 Å². The summed E-state index contributed by atoms with van der Waals surface area (Å²) in [6.45, 7) is 0. The van der Waals surface area contributed by atoms with Crippen molar-refractivity contribution >= 4 is 23.2 Å². The van der Waals surface area contributed by atoms with Gasteiger partial charge in [0.1, 0.15) is 5.75 Å². The maximum Gasteiger partial charge on any atom is 0.416 e. The van der Waals surface area contributed by atoms with Crippen LogP contribution < -0.4 is 9.64 Å². The van der Waals surface area contributed by atoms with Gasteiger partial charge in [0.25, 0.3) is 5.91 Å². The summed E-state index contributed by atoms with van der Waals surface area (Å²) in [5.74, 6) is -0.941. The van der Waals surface area contributed by atoms with E-state index in [1.165, 1.54) is 32.4 Å². The van der Waals surface area contributed by atoms with Crippen molar-refractivity contribution in [1.82, 2.24) is 0 Å². The number of nitrogens with zero attached hydrogens (tertiary/aromatic N) is 1. The van der Waals surface area contributed by atoms with Gasteiger partial charge in [-0.1, -0.05) is 17.7 Å². The summed E-state index contributed by atoms with van der Waals surface area (Å²) in [4.78, 5) is 13.5. The molecule has 0 aromatic heterocycles. The van der Waals surface area contributed by atoms with Gasteiger partial charge in [0.15, 0.2) is 0 Å². The second kappa shape index (κ2) is 5.62. The molecule has 0 saturated carbocycles. The molecule has 2 aromatic rings. The van der Waals surface area contributed by atoms with Crippen LogP contribution in [0.15, 0.2) is 36.4 Å². The van der Waals surface area contributed by atoms with E-state index in [-0.39, 0.29) is 27.6 Å². The largest absolute Gasteiger partial charge is 0.496 e. The SMILES string of the molecule is COc1ccc(Cl)cc1C1(F)C(=O)N(C)c2cc(C(F)(F)F)ccc21. The fraction of sp³-hybridized carbons (Fsp3) is 0.235. The molecule has 1 heterocycles. The van der Waals surface area contributed by atoms with Crippen LogP contribution in [0.4, 0.5) is 23.2 Å². The van der Waals surface area contributed by atoms with Crippen LogP contribution >= 0.6 is 11.6 Å². The van der Waals surface area contributed by atoms with Gasteiger partial charge in [0, 0.05) is 23.2 Å². The number of hydrogen-bond donors (Lipinski definition) is 0. The number of alkyl halides is 4. The number of ether oxygens (including phenoxy) is 1. The highest BCUT2D eigenvalue weighted by molar-refractivity contribution is 6.30. The fourth-order valence-corrected chi connectivity index (χ4v) is 3.11. The number of likely N-dealkylation sites (N-methyl/N-ethyl adjacent to an activating group) is 1. The van der Waals surface area contributed by atoms with Crippen LogP contribution in [0.2, 0.25) is 5.02 Å². The number of benzene rings is 2. The van der Waals surface area contributed by atoms with Crippen LogP contribution in [0, 0.1) is 0 Å². The van der Waals surface area contributed by atoms with Crippen molar-refractivity contribution in [2.75, 3.05) is 19.1 Å². The number of halogens is 5. The highest BCUT2D eigenvalue weighted by Crippen LogP contribution is 2.50.